The van der Waals surface area contributed by atoms with Crippen molar-refractivity contribution >= 4 is 35.0 Å². The molecule has 0 saturated heterocycles. The minimum Gasteiger partial charge on any atom is -0.391 e. The average Bonchev–Trinajstić information content (AvgIpc) is 2.27. The molecule has 5 unspecified atom stereocenters. The average molecular weight is 306 g/mol. The van der Waals surface area contributed by atoms with E-state index >= 15 is 0 Å². The van der Waals surface area contributed by atoms with Gasteiger partial charge in [-0.05, 0) is 6.26 Å². The van der Waals surface area contributed by atoms with Crippen LogP contribution in [-0.4, -0.2) is 62.8 Å². The van der Waals surface area contributed by atoms with Crippen LogP contribution in [-0.2, 0) is 4.74 Å². The Labute approximate surface area is 114 Å². The summed E-state index contributed by atoms with van der Waals surface area (Å²) < 4.78 is 5.04. The van der Waals surface area contributed by atoms with Crippen LogP contribution in [0.1, 0.15) is 0 Å². The maximum atomic E-state index is 10.0. The second-order valence-electron chi connectivity index (χ2n) is 4.05. The van der Waals surface area contributed by atoms with Crippen molar-refractivity contribution in [3.8, 4) is 0 Å². The molecule has 8 heteroatoms. The van der Waals surface area contributed by atoms with Crippen LogP contribution >= 0.6 is 35.0 Å². The molecular weight excluding hydrogens is 289 g/mol. The van der Waals surface area contributed by atoms with Gasteiger partial charge in [-0.2, -0.15) is 0 Å². The molecule has 0 aromatic carbocycles. The van der Waals surface area contributed by atoms with Gasteiger partial charge < -0.3 is 20.1 Å². The standard InChI is InChI=1S/C9H17Cl2NO4S/c1-16-8-4(10)6(13)3(7(14)5(8)11)9(12,15)17-2/h3-8,13-15H,12H2,1-2H3. The van der Waals surface area contributed by atoms with Crippen LogP contribution in [0.2, 0.25) is 0 Å². The first kappa shape index (κ1) is 15.8. The monoisotopic (exact) mass is 305 g/mol. The topological polar surface area (TPSA) is 95.9 Å². The summed E-state index contributed by atoms with van der Waals surface area (Å²) in [5, 5.41) is 26.5. The maximum absolute atomic E-state index is 10.0. The molecule has 5 nitrogen and oxygen atoms in total. The molecule has 102 valence electrons. The highest BCUT2D eigenvalue weighted by atomic mass is 35.5. The number of hydrogen-bond donors (Lipinski definition) is 4. The Bertz CT molecular complexity index is 255. The predicted molar refractivity (Wildman–Crippen MR) is 68.2 cm³/mol. The number of halogens is 2. The van der Waals surface area contributed by atoms with E-state index in [1.165, 1.54) is 7.11 Å². The first-order valence-corrected chi connectivity index (χ1v) is 7.11. The van der Waals surface area contributed by atoms with Crippen molar-refractivity contribution < 1.29 is 20.1 Å². The number of rotatable bonds is 3. The summed E-state index contributed by atoms with van der Waals surface area (Å²) in [5.74, 6) is -1.05. The lowest BCUT2D eigenvalue weighted by Crippen LogP contribution is -2.66. The molecule has 0 heterocycles. The third-order valence-electron chi connectivity index (χ3n) is 3.09. The Morgan fingerprint density at radius 3 is 1.94 bits per heavy atom. The first-order chi connectivity index (χ1) is 7.77. The van der Waals surface area contributed by atoms with Crippen LogP contribution in [0.5, 0.6) is 0 Å². The fourth-order valence-corrected chi connectivity index (χ4v) is 3.51. The fourth-order valence-electron chi connectivity index (χ4n) is 2.05. The van der Waals surface area contributed by atoms with E-state index in [1.807, 2.05) is 0 Å². The molecule has 0 aromatic rings. The van der Waals surface area contributed by atoms with E-state index in [9.17, 15) is 15.3 Å². The number of ether oxygens (including phenoxy) is 1. The van der Waals surface area contributed by atoms with E-state index in [2.05, 4.69) is 0 Å². The molecule has 0 radical (unpaired) electrons. The highest BCUT2D eigenvalue weighted by Crippen LogP contribution is 2.40. The zero-order valence-corrected chi connectivity index (χ0v) is 11.8. The van der Waals surface area contributed by atoms with E-state index < -0.39 is 40.0 Å². The number of thioether (sulfide) groups is 1. The summed E-state index contributed by atoms with van der Waals surface area (Å²) in [6, 6.07) is 0. The van der Waals surface area contributed by atoms with Crippen molar-refractivity contribution in [2.45, 2.75) is 34.1 Å². The molecule has 0 spiro atoms. The van der Waals surface area contributed by atoms with Gasteiger partial charge in [0.2, 0.25) is 0 Å². The largest absolute Gasteiger partial charge is 0.391 e. The van der Waals surface area contributed by atoms with E-state index in [4.69, 9.17) is 33.7 Å². The van der Waals surface area contributed by atoms with E-state index in [0.29, 0.717) is 0 Å². The predicted octanol–water partition coefficient (Wildman–Crippen LogP) is -0.464. The summed E-state index contributed by atoms with van der Waals surface area (Å²) in [5.41, 5.74) is 5.62. The number of hydrogen-bond acceptors (Lipinski definition) is 6. The molecule has 1 fully saturated rings. The molecule has 0 aliphatic heterocycles. The summed E-state index contributed by atoms with van der Waals surface area (Å²) >= 11 is 12.9. The third-order valence-corrected chi connectivity index (χ3v) is 5.03. The molecular formula is C9H17Cl2NO4S. The fraction of sp³-hybridized carbons (Fsp3) is 1.00. The zero-order valence-electron chi connectivity index (χ0n) is 9.46. The molecule has 5 atom stereocenters. The number of nitrogens with two attached hydrogens (primary N) is 1. The van der Waals surface area contributed by atoms with Gasteiger partial charge >= 0.3 is 0 Å². The summed E-state index contributed by atoms with van der Waals surface area (Å²) in [6.07, 6.45) is -1.57. The minimum atomic E-state index is -1.81. The van der Waals surface area contributed by atoms with Crippen molar-refractivity contribution in [1.29, 1.82) is 0 Å². The molecule has 0 amide bonds. The highest BCUT2D eigenvalue weighted by Gasteiger charge is 2.55. The number of methoxy groups -OCH3 is 1. The van der Waals surface area contributed by atoms with Crippen molar-refractivity contribution in [3.63, 3.8) is 0 Å². The second-order valence-corrected chi connectivity index (χ2v) is 6.12. The Balaban J connectivity index is 3.01. The van der Waals surface area contributed by atoms with E-state index in [1.54, 1.807) is 6.26 Å². The Morgan fingerprint density at radius 2 is 1.65 bits per heavy atom. The van der Waals surface area contributed by atoms with Gasteiger partial charge in [0, 0.05) is 7.11 Å². The lowest BCUT2D eigenvalue weighted by Gasteiger charge is -2.47. The van der Waals surface area contributed by atoms with Crippen LogP contribution in [0.15, 0.2) is 0 Å². The third kappa shape index (κ3) is 2.84. The van der Waals surface area contributed by atoms with Crippen LogP contribution in [0.25, 0.3) is 0 Å². The first-order valence-electron chi connectivity index (χ1n) is 5.01. The normalized spacial score (nSPS) is 46.6. The van der Waals surface area contributed by atoms with Crippen LogP contribution in [0.4, 0.5) is 0 Å². The molecule has 5 N–H and O–H groups in total. The van der Waals surface area contributed by atoms with E-state index in [-0.39, 0.29) is 0 Å². The lowest BCUT2D eigenvalue weighted by molar-refractivity contribution is -0.123. The molecule has 0 bridgehead atoms. The van der Waals surface area contributed by atoms with Gasteiger partial charge in [-0.1, -0.05) is 0 Å². The maximum Gasteiger partial charge on any atom is 0.169 e. The van der Waals surface area contributed by atoms with Crippen molar-refractivity contribution in [2.75, 3.05) is 13.4 Å². The number of alkyl halides is 2. The van der Waals surface area contributed by atoms with Crippen LogP contribution in [0, 0.1) is 5.92 Å². The van der Waals surface area contributed by atoms with Gasteiger partial charge in [0.05, 0.1) is 35.0 Å². The number of aliphatic hydroxyl groups is 3. The van der Waals surface area contributed by atoms with Gasteiger partial charge in [-0.15, -0.1) is 35.0 Å². The summed E-state index contributed by atoms with van der Waals surface area (Å²) in [7, 11) is 1.39. The van der Waals surface area contributed by atoms with Gasteiger partial charge in [0.25, 0.3) is 0 Å². The molecule has 1 rings (SSSR count). The molecule has 1 aliphatic rings. The Kier molecular flexibility index (Phi) is 5.38. The minimum absolute atomic E-state index is 0.711. The van der Waals surface area contributed by atoms with Crippen molar-refractivity contribution in [3.05, 3.63) is 0 Å². The van der Waals surface area contributed by atoms with Gasteiger partial charge in [-0.3, -0.25) is 5.73 Å². The molecule has 1 saturated carbocycles. The Morgan fingerprint density at radius 1 is 1.24 bits per heavy atom. The quantitative estimate of drug-likeness (QED) is 0.416. The van der Waals surface area contributed by atoms with Gasteiger partial charge in [0.15, 0.2) is 5.06 Å². The van der Waals surface area contributed by atoms with Crippen molar-refractivity contribution in [1.82, 2.24) is 0 Å². The molecule has 17 heavy (non-hydrogen) atoms. The highest BCUT2D eigenvalue weighted by molar-refractivity contribution is 7.99. The van der Waals surface area contributed by atoms with E-state index in [0.717, 1.165) is 11.8 Å². The Hall–Kier alpha value is 0.730. The van der Waals surface area contributed by atoms with Gasteiger partial charge in [0.1, 0.15) is 0 Å². The van der Waals surface area contributed by atoms with Gasteiger partial charge in [-0.25, -0.2) is 0 Å². The molecule has 0 aromatic heterocycles. The van der Waals surface area contributed by atoms with Crippen LogP contribution in [0.3, 0.4) is 0 Å². The van der Waals surface area contributed by atoms with Crippen LogP contribution < -0.4 is 5.73 Å². The summed E-state index contributed by atoms with van der Waals surface area (Å²) in [6.45, 7) is 0. The second kappa shape index (κ2) is 5.79. The SMILES string of the molecule is COC1C(Cl)C(O)C(C(N)(O)SC)C(O)C1Cl. The van der Waals surface area contributed by atoms with Crippen molar-refractivity contribution in [2.24, 2.45) is 11.7 Å². The lowest BCUT2D eigenvalue weighted by atomic mass is 9.80. The molecule has 1 aliphatic carbocycles. The zero-order chi connectivity index (χ0) is 13.4. The number of aliphatic hydroxyl groups excluding tert-OH is 2. The smallest absolute Gasteiger partial charge is 0.169 e. The summed E-state index contributed by atoms with van der Waals surface area (Å²) in [4.78, 5) is 0.